The number of fused-ring (bicyclic) bond motifs is 1. The van der Waals surface area contributed by atoms with Crippen LogP contribution in [0.3, 0.4) is 0 Å². The highest BCUT2D eigenvalue weighted by Gasteiger charge is 2.21. The fourth-order valence-corrected chi connectivity index (χ4v) is 3.58. The first-order valence-corrected chi connectivity index (χ1v) is 8.36. The molecule has 1 aromatic rings. The number of nitrogens with one attached hydrogen (secondary N) is 1. The van der Waals surface area contributed by atoms with E-state index in [1.54, 1.807) is 0 Å². The van der Waals surface area contributed by atoms with Crippen molar-refractivity contribution >= 4 is 0 Å². The molecule has 0 spiro atoms. The normalized spacial score (nSPS) is 24.7. The van der Waals surface area contributed by atoms with Gasteiger partial charge in [0.1, 0.15) is 0 Å². The van der Waals surface area contributed by atoms with E-state index in [2.05, 4.69) is 29.6 Å². The molecule has 0 saturated heterocycles. The third-order valence-electron chi connectivity index (χ3n) is 4.79. The maximum absolute atomic E-state index is 5.99. The predicted molar refractivity (Wildman–Crippen MR) is 82.9 cm³/mol. The monoisotopic (exact) mass is 273 g/mol. The number of benzene rings is 1. The zero-order valence-electron chi connectivity index (χ0n) is 12.4. The van der Waals surface area contributed by atoms with Crippen molar-refractivity contribution in [3.8, 4) is 0 Å². The highest BCUT2D eigenvalue weighted by atomic mass is 16.5. The standard InChI is InChI=1S/C18H27NO/c1-2-4-9-16(10-5-3-1)19-14-18-17-11-7-6-8-15(17)12-13-20-18/h6-8,11,16,18-19H,1-5,9-10,12-14H2. The summed E-state index contributed by atoms with van der Waals surface area (Å²) >= 11 is 0. The van der Waals surface area contributed by atoms with Gasteiger partial charge >= 0.3 is 0 Å². The minimum atomic E-state index is 0.255. The van der Waals surface area contributed by atoms with Crippen LogP contribution < -0.4 is 5.32 Å². The summed E-state index contributed by atoms with van der Waals surface area (Å²) in [5.74, 6) is 0. The van der Waals surface area contributed by atoms with E-state index in [9.17, 15) is 0 Å². The molecule has 1 aromatic carbocycles. The van der Waals surface area contributed by atoms with Gasteiger partial charge in [-0.2, -0.15) is 0 Å². The molecule has 0 bridgehead atoms. The van der Waals surface area contributed by atoms with Crippen molar-refractivity contribution in [1.29, 1.82) is 0 Å². The molecular formula is C18H27NO. The summed E-state index contributed by atoms with van der Waals surface area (Å²) in [6, 6.07) is 9.47. The Morgan fingerprint density at radius 3 is 2.60 bits per heavy atom. The first kappa shape index (κ1) is 14.1. The zero-order valence-corrected chi connectivity index (χ0v) is 12.4. The van der Waals surface area contributed by atoms with Crippen LogP contribution in [0.2, 0.25) is 0 Å². The molecule has 1 fully saturated rings. The minimum Gasteiger partial charge on any atom is -0.372 e. The molecular weight excluding hydrogens is 246 g/mol. The van der Waals surface area contributed by atoms with Crippen molar-refractivity contribution in [3.05, 3.63) is 35.4 Å². The first-order chi connectivity index (χ1) is 9.93. The van der Waals surface area contributed by atoms with Gasteiger partial charge in [-0.15, -0.1) is 0 Å². The van der Waals surface area contributed by atoms with Gasteiger partial charge in [-0.25, -0.2) is 0 Å². The van der Waals surface area contributed by atoms with E-state index in [1.165, 1.54) is 56.1 Å². The average Bonchev–Trinajstić information content (AvgIpc) is 2.46. The third-order valence-corrected chi connectivity index (χ3v) is 4.79. The first-order valence-electron chi connectivity index (χ1n) is 8.36. The van der Waals surface area contributed by atoms with E-state index in [4.69, 9.17) is 4.74 Å². The van der Waals surface area contributed by atoms with E-state index >= 15 is 0 Å². The Morgan fingerprint density at radius 1 is 1.00 bits per heavy atom. The molecule has 2 heteroatoms. The number of ether oxygens (including phenoxy) is 1. The molecule has 0 amide bonds. The van der Waals surface area contributed by atoms with Crippen LogP contribution in [0.25, 0.3) is 0 Å². The molecule has 2 nitrogen and oxygen atoms in total. The summed E-state index contributed by atoms with van der Waals surface area (Å²) in [6.07, 6.45) is 11.1. The van der Waals surface area contributed by atoms with Crippen molar-refractivity contribution in [3.63, 3.8) is 0 Å². The molecule has 0 aromatic heterocycles. The van der Waals surface area contributed by atoms with Crippen LogP contribution in [0.5, 0.6) is 0 Å². The summed E-state index contributed by atoms with van der Waals surface area (Å²) in [4.78, 5) is 0. The number of rotatable bonds is 3. The summed E-state index contributed by atoms with van der Waals surface area (Å²) in [5.41, 5.74) is 2.88. The lowest BCUT2D eigenvalue weighted by molar-refractivity contribution is 0.0400. The van der Waals surface area contributed by atoms with Crippen molar-refractivity contribution in [2.24, 2.45) is 0 Å². The van der Waals surface area contributed by atoms with Gasteiger partial charge in [0.2, 0.25) is 0 Å². The fraction of sp³-hybridized carbons (Fsp3) is 0.667. The molecule has 1 aliphatic carbocycles. The maximum atomic E-state index is 5.99. The van der Waals surface area contributed by atoms with Gasteiger partial charge in [0.15, 0.2) is 0 Å². The van der Waals surface area contributed by atoms with Gasteiger partial charge in [-0.05, 0) is 30.4 Å². The van der Waals surface area contributed by atoms with Crippen LogP contribution in [0.1, 0.15) is 62.2 Å². The third kappa shape index (κ3) is 3.62. The van der Waals surface area contributed by atoms with Crippen LogP contribution in [0.15, 0.2) is 24.3 Å². The van der Waals surface area contributed by atoms with E-state index in [0.29, 0.717) is 6.04 Å². The Hall–Kier alpha value is -0.860. The molecule has 1 heterocycles. The van der Waals surface area contributed by atoms with E-state index < -0.39 is 0 Å². The van der Waals surface area contributed by atoms with Crippen molar-refractivity contribution in [2.75, 3.05) is 13.2 Å². The molecule has 110 valence electrons. The SMILES string of the molecule is c1ccc2c(c1)CCOC2CNC1CCCCCCC1. The van der Waals surface area contributed by atoms with Gasteiger partial charge in [-0.1, -0.05) is 56.4 Å². The second-order valence-electron chi connectivity index (χ2n) is 6.26. The lowest BCUT2D eigenvalue weighted by Gasteiger charge is -2.29. The highest BCUT2D eigenvalue weighted by molar-refractivity contribution is 5.31. The van der Waals surface area contributed by atoms with Gasteiger partial charge < -0.3 is 10.1 Å². The second-order valence-corrected chi connectivity index (χ2v) is 6.26. The Morgan fingerprint density at radius 2 is 1.75 bits per heavy atom. The molecule has 2 aliphatic rings. The fourth-order valence-electron chi connectivity index (χ4n) is 3.58. The van der Waals surface area contributed by atoms with Gasteiger partial charge in [0.25, 0.3) is 0 Å². The van der Waals surface area contributed by atoms with Crippen LogP contribution in [-0.4, -0.2) is 19.2 Å². The van der Waals surface area contributed by atoms with Crippen molar-refractivity contribution in [1.82, 2.24) is 5.32 Å². The van der Waals surface area contributed by atoms with Crippen LogP contribution >= 0.6 is 0 Å². The summed E-state index contributed by atoms with van der Waals surface area (Å²) < 4.78 is 5.99. The lowest BCUT2D eigenvalue weighted by Crippen LogP contribution is -2.35. The van der Waals surface area contributed by atoms with Crippen molar-refractivity contribution < 1.29 is 4.74 Å². The van der Waals surface area contributed by atoms with E-state index in [0.717, 1.165) is 19.6 Å². The van der Waals surface area contributed by atoms with Gasteiger partial charge in [0, 0.05) is 12.6 Å². The average molecular weight is 273 g/mol. The molecule has 1 aliphatic heterocycles. The zero-order chi connectivity index (χ0) is 13.6. The smallest absolute Gasteiger partial charge is 0.0952 e. The quantitative estimate of drug-likeness (QED) is 0.898. The molecule has 1 saturated carbocycles. The van der Waals surface area contributed by atoms with Gasteiger partial charge in [0.05, 0.1) is 12.7 Å². The minimum absolute atomic E-state index is 0.255. The molecule has 20 heavy (non-hydrogen) atoms. The molecule has 3 rings (SSSR count). The lowest BCUT2D eigenvalue weighted by atomic mass is 9.95. The summed E-state index contributed by atoms with van der Waals surface area (Å²) in [6.45, 7) is 1.84. The van der Waals surface area contributed by atoms with Crippen LogP contribution in [0, 0.1) is 0 Å². The summed E-state index contributed by atoms with van der Waals surface area (Å²) in [7, 11) is 0. The summed E-state index contributed by atoms with van der Waals surface area (Å²) in [5, 5.41) is 3.77. The Balaban J connectivity index is 1.55. The molecule has 0 radical (unpaired) electrons. The second kappa shape index (κ2) is 7.24. The number of hydrogen-bond acceptors (Lipinski definition) is 2. The predicted octanol–water partition coefficient (Wildman–Crippen LogP) is 4.00. The van der Waals surface area contributed by atoms with E-state index in [1.807, 2.05) is 0 Å². The largest absolute Gasteiger partial charge is 0.372 e. The molecule has 1 atom stereocenters. The molecule has 1 N–H and O–H groups in total. The van der Waals surface area contributed by atoms with E-state index in [-0.39, 0.29) is 6.10 Å². The maximum Gasteiger partial charge on any atom is 0.0952 e. The highest BCUT2D eigenvalue weighted by Crippen LogP contribution is 2.27. The molecule has 1 unspecified atom stereocenters. The Bertz CT molecular complexity index is 410. The van der Waals surface area contributed by atoms with Crippen LogP contribution in [0.4, 0.5) is 0 Å². The Labute approximate surface area is 122 Å². The van der Waals surface area contributed by atoms with Crippen LogP contribution in [-0.2, 0) is 11.2 Å². The van der Waals surface area contributed by atoms with Gasteiger partial charge in [-0.3, -0.25) is 0 Å². The Kier molecular flexibility index (Phi) is 5.10. The van der Waals surface area contributed by atoms with Crippen molar-refractivity contribution in [2.45, 2.75) is 63.5 Å². The topological polar surface area (TPSA) is 21.3 Å². The number of hydrogen-bond donors (Lipinski definition) is 1.